The summed E-state index contributed by atoms with van der Waals surface area (Å²) in [6.45, 7) is 1.03. The van der Waals surface area contributed by atoms with Crippen molar-refractivity contribution in [1.29, 1.82) is 0 Å². The third-order valence-corrected chi connectivity index (χ3v) is 5.48. The SMILES string of the molecule is CNCc1cccc(CS(=O)(=O)N(C)Cc2cscn2)c1. The van der Waals surface area contributed by atoms with E-state index in [1.807, 2.05) is 36.7 Å². The second-order valence-electron chi connectivity index (χ2n) is 4.84. The van der Waals surface area contributed by atoms with Crippen molar-refractivity contribution >= 4 is 21.4 Å². The lowest BCUT2D eigenvalue weighted by Gasteiger charge is -2.16. The van der Waals surface area contributed by atoms with Gasteiger partial charge in [-0.15, -0.1) is 11.3 Å². The third kappa shape index (κ3) is 4.60. The van der Waals surface area contributed by atoms with Crippen molar-refractivity contribution < 1.29 is 8.42 Å². The molecule has 0 aliphatic rings. The first-order valence-corrected chi connectivity index (χ1v) is 9.10. The van der Waals surface area contributed by atoms with Gasteiger partial charge in [0, 0.05) is 19.0 Å². The zero-order valence-electron chi connectivity index (χ0n) is 12.1. The maximum absolute atomic E-state index is 12.4. The standard InChI is InChI=1S/C14H19N3O2S2/c1-15-7-12-4-3-5-13(6-12)10-21(18,19)17(2)8-14-9-20-11-16-14/h3-6,9,11,15H,7-8,10H2,1-2H3. The molecule has 1 aromatic heterocycles. The highest BCUT2D eigenvalue weighted by molar-refractivity contribution is 7.88. The molecule has 0 saturated carbocycles. The molecule has 1 heterocycles. The first kappa shape index (κ1) is 16.1. The highest BCUT2D eigenvalue weighted by atomic mass is 32.2. The second kappa shape index (κ2) is 7.13. The fraction of sp³-hybridized carbons (Fsp3) is 0.357. The van der Waals surface area contributed by atoms with Gasteiger partial charge in [0.1, 0.15) is 0 Å². The Bertz CT molecular complexity index is 669. The first-order valence-electron chi connectivity index (χ1n) is 6.55. The molecule has 114 valence electrons. The summed E-state index contributed by atoms with van der Waals surface area (Å²) in [5.74, 6) is 0.00515. The maximum atomic E-state index is 12.4. The van der Waals surface area contributed by atoms with Crippen molar-refractivity contribution in [3.05, 3.63) is 52.0 Å². The fourth-order valence-corrected chi connectivity index (χ4v) is 3.70. The van der Waals surface area contributed by atoms with Crippen LogP contribution in [0.3, 0.4) is 0 Å². The number of benzene rings is 1. The summed E-state index contributed by atoms with van der Waals surface area (Å²) >= 11 is 1.46. The molecule has 0 unspecified atom stereocenters. The minimum atomic E-state index is -3.34. The smallest absolute Gasteiger partial charge is 0.218 e. The highest BCUT2D eigenvalue weighted by Crippen LogP contribution is 2.14. The summed E-state index contributed by atoms with van der Waals surface area (Å²) in [5, 5.41) is 4.92. The second-order valence-corrected chi connectivity index (χ2v) is 7.64. The molecule has 0 radical (unpaired) electrons. The molecule has 2 aromatic rings. The van der Waals surface area contributed by atoms with Crippen molar-refractivity contribution in [2.75, 3.05) is 14.1 Å². The van der Waals surface area contributed by atoms with Crippen LogP contribution >= 0.6 is 11.3 Å². The van der Waals surface area contributed by atoms with Crippen LogP contribution in [0.15, 0.2) is 35.2 Å². The molecule has 7 heteroatoms. The van der Waals surface area contributed by atoms with Gasteiger partial charge in [-0.1, -0.05) is 24.3 Å². The van der Waals surface area contributed by atoms with E-state index in [1.165, 1.54) is 15.6 Å². The lowest BCUT2D eigenvalue weighted by molar-refractivity contribution is 0.462. The van der Waals surface area contributed by atoms with Gasteiger partial charge in [-0.25, -0.2) is 13.4 Å². The van der Waals surface area contributed by atoms with E-state index in [-0.39, 0.29) is 5.75 Å². The molecule has 0 amide bonds. The molecule has 1 aromatic carbocycles. The van der Waals surface area contributed by atoms with Crippen LogP contribution in [-0.4, -0.2) is 31.8 Å². The predicted octanol–water partition coefficient (Wildman–Crippen LogP) is 1.82. The lowest BCUT2D eigenvalue weighted by Crippen LogP contribution is -2.27. The Morgan fingerprint density at radius 1 is 1.33 bits per heavy atom. The maximum Gasteiger partial charge on any atom is 0.218 e. The number of thiazole rings is 1. The molecule has 0 fully saturated rings. The Balaban J connectivity index is 2.07. The summed E-state index contributed by atoms with van der Waals surface area (Å²) in [6.07, 6.45) is 0. The van der Waals surface area contributed by atoms with Crippen LogP contribution < -0.4 is 5.32 Å². The van der Waals surface area contributed by atoms with E-state index < -0.39 is 10.0 Å². The first-order chi connectivity index (χ1) is 10.0. The molecule has 0 aliphatic heterocycles. The molecule has 0 saturated heterocycles. The van der Waals surface area contributed by atoms with E-state index >= 15 is 0 Å². The molecule has 2 rings (SSSR count). The monoisotopic (exact) mass is 325 g/mol. The van der Waals surface area contributed by atoms with Crippen molar-refractivity contribution in [3.63, 3.8) is 0 Å². The van der Waals surface area contributed by atoms with Gasteiger partial charge in [-0.2, -0.15) is 4.31 Å². The van der Waals surface area contributed by atoms with Gasteiger partial charge < -0.3 is 5.32 Å². The number of nitrogens with zero attached hydrogens (tertiary/aromatic N) is 2. The average molecular weight is 325 g/mol. The topological polar surface area (TPSA) is 62.3 Å². The summed E-state index contributed by atoms with van der Waals surface area (Å²) < 4.78 is 26.1. The molecular formula is C14H19N3O2S2. The Labute approximate surface area is 129 Å². The molecule has 0 spiro atoms. The van der Waals surface area contributed by atoms with Gasteiger partial charge in [-0.3, -0.25) is 0 Å². The van der Waals surface area contributed by atoms with E-state index in [0.717, 1.165) is 23.4 Å². The van der Waals surface area contributed by atoms with Crippen LogP contribution in [0.2, 0.25) is 0 Å². The zero-order valence-corrected chi connectivity index (χ0v) is 13.7. The van der Waals surface area contributed by atoms with Gasteiger partial charge >= 0.3 is 0 Å². The minimum absolute atomic E-state index is 0.00515. The lowest BCUT2D eigenvalue weighted by atomic mass is 10.1. The van der Waals surface area contributed by atoms with Crippen LogP contribution in [0.4, 0.5) is 0 Å². The number of nitrogens with one attached hydrogen (secondary N) is 1. The minimum Gasteiger partial charge on any atom is -0.316 e. The molecule has 0 bridgehead atoms. The van der Waals surface area contributed by atoms with E-state index in [4.69, 9.17) is 0 Å². The number of hydrogen-bond donors (Lipinski definition) is 1. The van der Waals surface area contributed by atoms with E-state index in [0.29, 0.717) is 6.54 Å². The summed E-state index contributed by atoms with van der Waals surface area (Å²) in [5.41, 5.74) is 4.35. The molecule has 5 nitrogen and oxygen atoms in total. The Morgan fingerprint density at radius 2 is 2.10 bits per heavy atom. The molecule has 21 heavy (non-hydrogen) atoms. The number of sulfonamides is 1. The fourth-order valence-electron chi connectivity index (χ4n) is 2.00. The van der Waals surface area contributed by atoms with Crippen LogP contribution in [0.5, 0.6) is 0 Å². The average Bonchev–Trinajstić information content (AvgIpc) is 2.92. The van der Waals surface area contributed by atoms with E-state index in [1.54, 1.807) is 12.6 Å². The van der Waals surface area contributed by atoms with E-state index in [2.05, 4.69) is 10.3 Å². The Hall–Kier alpha value is -1.28. The number of aromatic nitrogens is 1. The van der Waals surface area contributed by atoms with E-state index in [9.17, 15) is 8.42 Å². The molecule has 1 N–H and O–H groups in total. The zero-order chi connectivity index (χ0) is 15.3. The number of hydrogen-bond acceptors (Lipinski definition) is 5. The van der Waals surface area contributed by atoms with Gasteiger partial charge in [0.2, 0.25) is 10.0 Å². The van der Waals surface area contributed by atoms with Gasteiger partial charge in [-0.05, 0) is 18.2 Å². The largest absolute Gasteiger partial charge is 0.316 e. The van der Waals surface area contributed by atoms with Crippen molar-refractivity contribution in [2.45, 2.75) is 18.8 Å². The van der Waals surface area contributed by atoms with Crippen LogP contribution in [0, 0.1) is 0 Å². The molecular weight excluding hydrogens is 306 g/mol. The summed E-state index contributed by atoms with van der Waals surface area (Å²) in [4.78, 5) is 4.12. The Kier molecular flexibility index (Phi) is 5.46. The molecule has 0 aliphatic carbocycles. The van der Waals surface area contributed by atoms with Crippen LogP contribution in [0.25, 0.3) is 0 Å². The van der Waals surface area contributed by atoms with Gasteiger partial charge in [0.15, 0.2) is 0 Å². The van der Waals surface area contributed by atoms with Crippen molar-refractivity contribution in [3.8, 4) is 0 Å². The molecule has 0 atom stereocenters. The predicted molar refractivity (Wildman–Crippen MR) is 85.4 cm³/mol. The summed E-state index contributed by atoms with van der Waals surface area (Å²) in [6, 6.07) is 7.63. The number of rotatable bonds is 7. The summed E-state index contributed by atoms with van der Waals surface area (Å²) in [7, 11) is 0.112. The van der Waals surface area contributed by atoms with Gasteiger partial charge in [0.05, 0.1) is 23.5 Å². The van der Waals surface area contributed by atoms with Crippen molar-refractivity contribution in [2.24, 2.45) is 0 Å². The van der Waals surface area contributed by atoms with Crippen LogP contribution in [0.1, 0.15) is 16.8 Å². The third-order valence-electron chi connectivity index (χ3n) is 3.06. The Morgan fingerprint density at radius 3 is 2.76 bits per heavy atom. The quantitative estimate of drug-likeness (QED) is 0.843. The van der Waals surface area contributed by atoms with Crippen molar-refractivity contribution in [1.82, 2.24) is 14.6 Å². The normalized spacial score (nSPS) is 12.0. The van der Waals surface area contributed by atoms with Gasteiger partial charge in [0.25, 0.3) is 0 Å². The van der Waals surface area contributed by atoms with Crippen LogP contribution in [-0.2, 0) is 28.9 Å². The highest BCUT2D eigenvalue weighted by Gasteiger charge is 2.19.